The predicted molar refractivity (Wildman–Crippen MR) is 113 cm³/mol. The van der Waals surface area contributed by atoms with Crippen molar-refractivity contribution in [3.8, 4) is 17.2 Å². The van der Waals surface area contributed by atoms with Gasteiger partial charge in [-0.15, -0.1) is 5.10 Å². The number of rotatable bonds is 7. The van der Waals surface area contributed by atoms with E-state index >= 15 is 0 Å². The summed E-state index contributed by atoms with van der Waals surface area (Å²) in [6.45, 7) is 8.29. The van der Waals surface area contributed by atoms with Gasteiger partial charge in [0.05, 0.1) is 18.8 Å². The summed E-state index contributed by atoms with van der Waals surface area (Å²) in [5, 5.41) is 8.97. The fourth-order valence-corrected chi connectivity index (χ4v) is 4.19. The molecule has 0 radical (unpaired) electrons. The highest BCUT2D eigenvalue weighted by atomic mass is 32.1. The fraction of sp³-hybridized carbons (Fsp3) is 0.400. The van der Waals surface area contributed by atoms with Crippen molar-refractivity contribution in [2.24, 2.45) is 0 Å². The lowest BCUT2D eigenvalue weighted by atomic mass is 10.2. The first kappa shape index (κ1) is 19.3. The van der Waals surface area contributed by atoms with E-state index in [0.717, 1.165) is 44.0 Å². The monoisotopic (exact) mass is 416 g/mol. The average molecular weight is 417 g/mol. The summed E-state index contributed by atoms with van der Waals surface area (Å²) in [4.78, 5) is 5.24. The lowest BCUT2D eigenvalue weighted by molar-refractivity contribution is 0.0975. The zero-order chi connectivity index (χ0) is 19.3. The van der Waals surface area contributed by atoms with Crippen LogP contribution < -0.4 is 4.74 Å². The molecule has 0 unspecified atom stereocenters. The SMILES string of the molecule is CCOc1ccccc1-c1nn(CN2CCN(Cc3ccsc3)CC2)c(=S)o1. The van der Waals surface area contributed by atoms with E-state index in [4.69, 9.17) is 21.4 Å². The first-order chi connectivity index (χ1) is 13.7. The fourth-order valence-electron chi connectivity index (χ4n) is 3.35. The summed E-state index contributed by atoms with van der Waals surface area (Å²) in [6, 6.07) is 9.95. The van der Waals surface area contributed by atoms with Gasteiger partial charge in [-0.3, -0.25) is 9.80 Å². The van der Waals surface area contributed by atoms with Crippen LogP contribution in [-0.4, -0.2) is 52.4 Å². The number of thiophene rings is 1. The molecule has 0 atom stereocenters. The Morgan fingerprint density at radius 1 is 1.14 bits per heavy atom. The number of aromatic nitrogens is 2. The van der Waals surface area contributed by atoms with E-state index in [1.807, 2.05) is 31.2 Å². The van der Waals surface area contributed by atoms with Crippen molar-refractivity contribution in [3.63, 3.8) is 0 Å². The maximum atomic E-state index is 5.77. The summed E-state index contributed by atoms with van der Waals surface area (Å²) in [6.07, 6.45) is 0. The van der Waals surface area contributed by atoms with Crippen molar-refractivity contribution in [1.82, 2.24) is 19.6 Å². The predicted octanol–water partition coefficient (Wildman–Crippen LogP) is 4.11. The lowest BCUT2D eigenvalue weighted by Gasteiger charge is -2.34. The average Bonchev–Trinajstić information content (AvgIpc) is 3.34. The largest absolute Gasteiger partial charge is 0.493 e. The molecule has 1 aliphatic heterocycles. The second kappa shape index (κ2) is 9.00. The van der Waals surface area contributed by atoms with Crippen molar-refractivity contribution in [2.75, 3.05) is 32.8 Å². The van der Waals surface area contributed by atoms with Crippen LogP contribution in [0.2, 0.25) is 0 Å². The van der Waals surface area contributed by atoms with E-state index in [-0.39, 0.29) is 0 Å². The molecule has 0 N–H and O–H groups in total. The summed E-state index contributed by atoms with van der Waals surface area (Å²) < 4.78 is 13.2. The number of nitrogens with zero attached hydrogens (tertiary/aromatic N) is 4. The van der Waals surface area contributed by atoms with Crippen LogP contribution >= 0.6 is 23.6 Å². The molecular weight excluding hydrogens is 392 g/mol. The number of hydrogen-bond donors (Lipinski definition) is 0. The molecule has 4 rings (SSSR count). The molecule has 6 nitrogen and oxygen atoms in total. The Kier molecular flexibility index (Phi) is 6.21. The molecule has 0 amide bonds. The van der Waals surface area contributed by atoms with E-state index in [2.05, 4.69) is 31.7 Å². The maximum absolute atomic E-state index is 5.77. The third-order valence-corrected chi connectivity index (χ3v) is 5.83. The third kappa shape index (κ3) is 4.52. The Hall–Kier alpha value is -2.00. The van der Waals surface area contributed by atoms with E-state index in [0.29, 0.717) is 24.0 Å². The van der Waals surface area contributed by atoms with Crippen LogP contribution in [0.5, 0.6) is 5.75 Å². The Labute approximate surface area is 174 Å². The van der Waals surface area contributed by atoms with Gasteiger partial charge in [0.2, 0.25) is 0 Å². The minimum absolute atomic E-state index is 0.391. The van der Waals surface area contributed by atoms with Gasteiger partial charge in [0, 0.05) is 32.7 Å². The molecule has 1 saturated heterocycles. The molecule has 0 bridgehead atoms. The molecule has 1 aliphatic rings. The van der Waals surface area contributed by atoms with Crippen LogP contribution in [0.4, 0.5) is 0 Å². The molecule has 2 aromatic heterocycles. The molecule has 148 valence electrons. The normalized spacial score (nSPS) is 15.8. The van der Waals surface area contributed by atoms with E-state index in [1.54, 1.807) is 16.0 Å². The lowest BCUT2D eigenvalue weighted by Crippen LogP contribution is -2.46. The Morgan fingerprint density at radius 2 is 1.93 bits per heavy atom. The Morgan fingerprint density at radius 3 is 2.68 bits per heavy atom. The molecule has 1 aromatic carbocycles. The van der Waals surface area contributed by atoms with E-state index in [9.17, 15) is 0 Å². The van der Waals surface area contributed by atoms with Gasteiger partial charge in [0.15, 0.2) is 0 Å². The molecule has 28 heavy (non-hydrogen) atoms. The van der Waals surface area contributed by atoms with Gasteiger partial charge in [-0.25, -0.2) is 4.68 Å². The number of benzene rings is 1. The standard InChI is InChI=1S/C20H24N4O2S2/c1-2-25-18-6-4-3-5-17(18)19-21-24(20(27)26-19)15-23-10-8-22(9-11-23)13-16-7-12-28-14-16/h3-7,12,14H,2,8-11,13,15H2,1H3. The third-order valence-electron chi connectivity index (χ3n) is 4.81. The van der Waals surface area contributed by atoms with Gasteiger partial charge in [-0.05, 0) is 53.7 Å². The molecule has 0 spiro atoms. The number of hydrogen-bond acceptors (Lipinski definition) is 7. The van der Waals surface area contributed by atoms with E-state index < -0.39 is 0 Å². The first-order valence-corrected chi connectivity index (χ1v) is 10.8. The molecule has 0 aliphatic carbocycles. The summed E-state index contributed by atoms with van der Waals surface area (Å²) in [5.41, 5.74) is 2.23. The van der Waals surface area contributed by atoms with Crippen molar-refractivity contribution in [2.45, 2.75) is 20.1 Å². The Bertz CT molecular complexity index is 943. The first-order valence-electron chi connectivity index (χ1n) is 9.49. The minimum Gasteiger partial charge on any atom is -0.493 e. The molecule has 0 saturated carbocycles. The molecule has 3 heterocycles. The summed E-state index contributed by atoms with van der Waals surface area (Å²) in [5.74, 6) is 1.26. The van der Waals surface area contributed by atoms with Crippen LogP contribution in [-0.2, 0) is 13.2 Å². The molecule has 3 aromatic rings. The number of ether oxygens (including phenoxy) is 1. The highest BCUT2D eigenvalue weighted by Crippen LogP contribution is 2.28. The van der Waals surface area contributed by atoms with Gasteiger partial charge >= 0.3 is 0 Å². The van der Waals surface area contributed by atoms with Gasteiger partial charge < -0.3 is 9.15 Å². The number of piperazine rings is 1. The molecular formula is C20H24N4O2S2. The molecule has 1 fully saturated rings. The van der Waals surface area contributed by atoms with Gasteiger partial charge in [0.25, 0.3) is 10.7 Å². The second-order valence-corrected chi connectivity index (χ2v) is 7.90. The Balaban J connectivity index is 1.39. The summed E-state index contributed by atoms with van der Waals surface area (Å²) >= 11 is 7.16. The summed E-state index contributed by atoms with van der Waals surface area (Å²) in [7, 11) is 0. The zero-order valence-corrected chi connectivity index (χ0v) is 17.5. The quantitative estimate of drug-likeness (QED) is 0.540. The van der Waals surface area contributed by atoms with Crippen molar-refractivity contribution < 1.29 is 9.15 Å². The van der Waals surface area contributed by atoms with Crippen LogP contribution in [0.1, 0.15) is 12.5 Å². The highest BCUT2D eigenvalue weighted by molar-refractivity contribution is 7.71. The second-order valence-electron chi connectivity index (χ2n) is 6.77. The van der Waals surface area contributed by atoms with Crippen LogP contribution in [0.25, 0.3) is 11.5 Å². The smallest absolute Gasteiger partial charge is 0.288 e. The van der Waals surface area contributed by atoms with Gasteiger partial charge in [-0.1, -0.05) is 12.1 Å². The van der Waals surface area contributed by atoms with Crippen molar-refractivity contribution >= 4 is 23.6 Å². The minimum atomic E-state index is 0.391. The maximum Gasteiger partial charge on any atom is 0.288 e. The topological polar surface area (TPSA) is 46.7 Å². The van der Waals surface area contributed by atoms with Crippen LogP contribution in [0.15, 0.2) is 45.5 Å². The van der Waals surface area contributed by atoms with Crippen molar-refractivity contribution in [1.29, 1.82) is 0 Å². The molecule has 8 heteroatoms. The van der Waals surface area contributed by atoms with Crippen LogP contribution in [0.3, 0.4) is 0 Å². The zero-order valence-electron chi connectivity index (χ0n) is 15.9. The van der Waals surface area contributed by atoms with Crippen molar-refractivity contribution in [3.05, 3.63) is 51.5 Å². The number of para-hydroxylation sites is 1. The highest BCUT2D eigenvalue weighted by Gasteiger charge is 2.19. The van der Waals surface area contributed by atoms with E-state index in [1.165, 1.54) is 5.56 Å². The van der Waals surface area contributed by atoms with Gasteiger partial charge in [-0.2, -0.15) is 11.3 Å². The van der Waals surface area contributed by atoms with Crippen LogP contribution in [0, 0.1) is 4.84 Å². The van der Waals surface area contributed by atoms with Gasteiger partial charge in [0.1, 0.15) is 5.75 Å².